The summed E-state index contributed by atoms with van der Waals surface area (Å²) in [4.78, 5) is 13.9. The Bertz CT molecular complexity index is 1110. The van der Waals surface area contributed by atoms with E-state index in [0.717, 1.165) is 22.3 Å². The van der Waals surface area contributed by atoms with Crippen molar-refractivity contribution in [2.75, 3.05) is 5.32 Å². The highest BCUT2D eigenvalue weighted by Crippen LogP contribution is 2.22. The molecular weight excluding hydrogens is 388 g/mol. The summed E-state index contributed by atoms with van der Waals surface area (Å²) in [5, 5.41) is 17.1. The summed E-state index contributed by atoms with van der Waals surface area (Å²) in [5.74, 6) is 1.25. The molecule has 0 aliphatic heterocycles. The number of imidazole rings is 1. The molecule has 0 bridgehead atoms. The van der Waals surface area contributed by atoms with Crippen molar-refractivity contribution >= 4 is 17.0 Å². The fourth-order valence-corrected chi connectivity index (χ4v) is 3.41. The molecule has 3 N–H and O–H groups in total. The highest BCUT2D eigenvalue weighted by Gasteiger charge is 2.16. The van der Waals surface area contributed by atoms with Crippen molar-refractivity contribution in [2.45, 2.75) is 45.6 Å². The van der Waals surface area contributed by atoms with Crippen LogP contribution in [-0.2, 0) is 19.5 Å². The second kappa shape index (κ2) is 9.68. The van der Waals surface area contributed by atoms with Crippen molar-refractivity contribution in [1.82, 2.24) is 24.8 Å². The predicted molar refractivity (Wildman–Crippen MR) is 122 cm³/mol. The fourth-order valence-electron chi connectivity index (χ4n) is 3.41. The van der Waals surface area contributed by atoms with Crippen molar-refractivity contribution in [3.8, 4) is 0 Å². The van der Waals surface area contributed by atoms with Crippen LogP contribution in [0.15, 0.2) is 67.0 Å². The Balaban J connectivity index is 1.54. The maximum absolute atomic E-state index is 10.5. The minimum absolute atomic E-state index is 0.218. The van der Waals surface area contributed by atoms with Gasteiger partial charge in [-0.15, -0.1) is 0 Å². The summed E-state index contributed by atoms with van der Waals surface area (Å²) in [5.41, 5.74) is 3.77. The van der Waals surface area contributed by atoms with Crippen LogP contribution in [-0.4, -0.2) is 30.9 Å². The molecule has 160 valence electrons. The smallest absolute Gasteiger partial charge is 0.166 e. The Morgan fingerprint density at radius 3 is 2.19 bits per heavy atom. The van der Waals surface area contributed by atoms with Gasteiger partial charge in [0.25, 0.3) is 0 Å². The molecule has 2 aromatic heterocycles. The van der Waals surface area contributed by atoms with E-state index in [1.807, 2.05) is 53.1 Å². The number of nitrogens with one attached hydrogen (secondary N) is 2. The molecule has 7 nitrogen and oxygen atoms in total. The first-order chi connectivity index (χ1) is 15.1. The topological polar surface area (TPSA) is 87.9 Å². The number of anilines is 1. The minimum atomic E-state index is -0.755. The third kappa shape index (κ3) is 5.25. The molecule has 1 unspecified atom stereocenters. The molecule has 7 heteroatoms. The molecule has 0 aliphatic rings. The first-order valence-electron chi connectivity index (χ1n) is 10.6. The van der Waals surface area contributed by atoms with Crippen molar-refractivity contribution in [1.29, 1.82) is 0 Å². The van der Waals surface area contributed by atoms with Gasteiger partial charge in [-0.1, -0.05) is 60.7 Å². The molecule has 0 aliphatic carbocycles. The van der Waals surface area contributed by atoms with Crippen LogP contribution in [0.3, 0.4) is 0 Å². The predicted octanol–water partition coefficient (Wildman–Crippen LogP) is 3.67. The van der Waals surface area contributed by atoms with Crippen LogP contribution in [0.4, 0.5) is 5.82 Å². The van der Waals surface area contributed by atoms with E-state index in [-0.39, 0.29) is 6.04 Å². The maximum Gasteiger partial charge on any atom is 0.166 e. The molecule has 4 rings (SSSR count). The molecule has 0 amide bonds. The maximum atomic E-state index is 10.5. The van der Waals surface area contributed by atoms with Crippen LogP contribution in [0.5, 0.6) is 0 Å². The van der Waals surface area contributed by atoms with E-state index in [9.17, 15) is 5.11 Å². The number of aromatic nitrogens is 4. The number of rotatable bonds is 9. The molecule has 2 heterocycles. The highest BCUT2D eigenvalue weighted by atomic mass is 16.3. The average molecular weight is 417 g/mol. The minimum Gasteiger partial charge on any atom is -0.378 e. The number of aliphatic hydroxyl groups excluding tert-OH is 1. The zero-order valence-electron chi connectivity index (χ0n) is 17.9. The summed E-state index contributed by atoms with van der Waals surface area (Å²) in [6.07, 6.45) is 1.34. The summed E-state index contributed by atoms with van der Waals surface area (Å²) >= 11 is 0. The van der Waals surface area contributed by atoms with E-state index >= 15 is 0 Å². The first-order valence-corrected chi connectivity index (χ1v) is 10.6. The molecular formula is C24H28N6O. The zero-order chi connectivity index (χ0) is 21.6. The number of aliphatic hydroxyl groups is 1. The van der Waals surface area contributed by atoms with E-state index in [0.29, 0.717) is 31.2 Å². The summed E-state index contributed by atoms with van der Waals surface area (Å²) in [7, 11) is 0. The van der Waals surface area contributed by atoms with Gasteiger partial charge >= 0.3 is 0 Å². The Labute approximate surface area is 182 Å². The normalized spacial score (nSPS) is 12.4. The van der Waals surface area contributed by atoms with Gasteiger partial charge < -0.3 is 15.0 Å². The second-order valence-electron chi connectivity index (χ2n) is 7.83. The lowest BCUT2D eigenvalue weighted by atomic mass is 10.2. The molecule has 4 aromatic rings. The molecule has 0 radical (unpaired) electrons. The van der Waals surface area contributed by atoms with E-state index in [1.165, 1.54) is 0 Å². The van der Waals surface area contributed by atoms with E-state index in [4.69, 9.17) is 4.98 Å². The van der Waals surface area contributed by atoms with Gasteiger partial charge in [0.15, 0.2) is 11.5 Å². The van der Waals surface area contributed by atoms with Gasteiger partial charge in [0, 0.05) is 25.6 Å². The molecule has 31 heavy (non-hydrogen) atoms. The second-order valence-corrected chi connectivity index (χ2v) is 7.83. The third-order valence-corrected chi connectivity index (χ3v) is 5.09. The van der Waals surface area contributed by atoms with Crippen LogP contribution in [0.1, 0.15) is 36.8 Å². The van der Waals surface area contributed by atoms with E-state index < -0.39 is 6.23 Å². The van der Waals surface area contributed by atoms with Gasteiger partial charge in [0.1, 0.15) is 17.6 Å². The van der Waals surface area contributed by atoms with Crippen LogP contribution in [0.2, 0.25) is 0 Å². The highest BCUT2D eigenvalue weighted by molar-refractivity contribution is 5.83. The van der Waals surface area contributed by atoms with Gasteiger partial charge in [-0.05, 0) is 25.0 Å². The molecule has 0 saturated carbocycles. The molecule has 2 aromatic carbocycles. The van der Waals surface area contributed by atoms with Crippen LogP contribution < -0.4 is 10.6 Å². The number of nitrogens with zero attached hydrogens (tertiary/aromatic N) is 4. The van der Waals surface area contributed by atoms with Gasteiger partial charge in [-0.3, -0.25) is 5.32 Å². The average Bonchev–Trinajstić information content (AvgIpc) is 3.22. The van der Waals surface area contributed by atoms with E-state index in [2.05, 4.69) is 46.6 Å². The Morgan fingerprint density at radius 2 is 1.55 bits per heavy atom. The molecule has 0 saturated heterocycles. The van der Waals surface area contributed by atoms with Gasteiger partial charge in [0.05, 0.1) is 6.33 Å². The lowest BCUT2D eigenvalue weighted by molar-refractivity contribution is 0.133. The van der Waals surface area contributed by atoms with Crippen molar-refractivity contribution in [2.24, 2.45) is 0 Å². The SMILES string of the molecule is CC(C)n1cnc2c(NCc3ccccc3)nc(CC(O)NCc3ccccc3)nc21. The van der Waals surface area contributed by atoms with Crippen molar-refractivity contribution in [3.05, 3.63) is 83.9 Å². The van der Waals surface area contributed by atoms with E-state index in [1.54, 1.807) is 6.33 Å². The zero-order valence-corrected chi connectivity index (χ0v) is 17.9. The first kappa shape index (κ1) is 21.0. The van der Waals surface area contributed by atoms with Crippen LogP contribution >= 0.6 is 0 Å². The fraction of sp³-hybridized carbons (Fsp3) is 0.292. The Kier molecular flexibility index (Phi) is 6.54. The largest absolute Gasteiger partial charge is 0.378 e. The monoisotopic (exact) mass is 416 g/mol. The molecule has 0 fully saturated rings. The van der Waals surface area contributed by atoms with Gasteiger partial charge in [-0.2, -0.15) is 0 Å². The van der Waals surface area contributed by atoms with Crippen molar-refractivity contribution in [3.63, 3.8) is 0 Å². The number of hydrogen-bond donors (Lipinski definition) is 3. The Hall–Kier alpha value is -3.29. The van der Waals surface area contributed by atoms with Crippen LogP contribution in [0.25, 0.3) is 11.2 Å². The number of benzene rings is 2. The van der Waals surface area contributed by atoms with Gasteiger partial charge in [0.2, 0.25) is 0 Å². The molecule has 0 spiro atoms. The lowest BCUT2D eigenvalue weighted by Crippen LogP contribution is -2.31. The third-order valence-electron chi connectivity index (χ3n) is 5.09. The quantitative estimate of drug-likeness (QED) is 0.361. The summed E-state index contributed by atoms with van der Waals surface area (Å²) in [6.45, 7) is 5.40. The number of fused-ring (bicyclic) bond motifs is 1. The summed E-state index contributed by atoms with van der Waals surface area (Å²) < 4.78 is 2.03. The van der Waals surface area contributed by atoms with Crippen molar-refractivity contribution < 1.29 is 5.11 Å². The summed E-state index contributed by atoms with van der Waals surface area (Å²) in [6, 6.07) is 20.4. The molecule has 1 atom stereocenters. The van der Waals surface area contributed by atoms with Gasteiger partial charge in [-0.25, -0.2) is 15.0 Å². The van der Waals surface area contributed by atoms with Crippen LogP contribution in [0, 0.1) is 0 Å². The Morgan fingerprint density at radius 1 is 0.903 bits per heavy atom. The lowest BCUT2D eigenvalue weighted by Gasteiger charge is -2.14. The standard InChI is InChI=1S/C24H28N6O/c1-17(2)30-16-27-22-23(26-15-19-11-7-4-8-12-19)28-20(29-24(22)30)13-21(31)25-14-18-9-5-3-6-10-18/h3-12,16-17,21,25,31H,13-15H2,1-2H3,(H,26,28,29). The number of hydrogen-bond acceptors (Lipinski definition) is 6.